The van der Waals surface area contributed by atoms with E-state index in [4.69, 9.17) is 0 Å². The maximum atomic E-state index is 13.3. The van der Waals surface area contributed by atoms with Crippen LogP contribution in [0.5, 0.6) is 0 Å². The summed E-state index contributed by atoms with van der Waals surface area (Å²) in [7, 11) is 0. The van der Waals surface area contributed by atoms with Crippen molar-refractivity contribution in [2.45, 2.75) is 36.1 Å². The van der Waals surface area contributed by atoms with Gasteiger partial charge in [-0.3, -0.25) is 14.4 Å². The SMILES string of the molecule is O=C1C2=C(C(=O)c3ccccc31)C1(CCCC1)c1sc(=O)[nH]c1S2. The van der Waals surface area contributed by atoms with E-state index in [1.165, 1.54) is 23.1 Å². The first-order valence-electron chi connectivity index (χ1n) is 7.96. The number of ketones is 2. The zero-order valence-electron chi connectivity index (χ0n) is 12.7. The van der Waals surface area contributed by atoms with Crippen molar-refractivity contribution in [2.24, 2.45) is 0 Å². The standard InChI is InChI=1S/C18H13NO3S2/c20-12-9-5-1-2-6-10(9)13(21)14-11(12)18(7-3-4-8-18)15-16(23-14)19-17(22)24-15/h1-2,5-6H,3-4,7-8H2,(H,19,22). The number of rotatable bonds is 0. The van der Waals surface area contributed by atoms with E-state index in [1.807, 2.05) is 0 Å². The van der Waals surface area contributed by atoms with Gasteiger partial charge in [0.25, 0.3) is 0 Å². The Labute approximate surface area is 146 Å². The van der Waals surface area contributed by atoms with Gasteiger partial charge < -0.3 is 4.98 Å². The van der Waals surface area contributed by atoms with Gasteiger partial charge in [-0.25, -0.2) is 0 Å². The molecule has 5 rings (SSSR count). The lowest BCUT2D eigenvalue weighted by Gasteiger charge is -2.37. The molecule has 6 heteroatoms. The molecule has 0 saturated heterocycles. The molecule has 4 nitrogen and oxygen atoms in total. The number of aromatic nitrogens is 1. The van der Waals surface area contributed by atoms with Crippen LogP contribution in [-0.4, -0.2) is 16.6 Å². The fourth-order valence-electron chi connectivity index (χ4n) is 4.26. The van der Waals surface area contributed by atoms with Crippen LogP contribution in [0, 0.1) is 0 Å². The van der Waals surface area contributed by atoms with Crippen molar-refractivity contribution in [1.29, 1.82) is 0 Å². The third-order valence-corrected chi connectivity index (χ3v) is 7.59. The summed E-state index contributed by atoms with van der Waals surface area (Å²) in [4.78, 5) is 42.5. The number of H-pyrrole nitrogens is 1. The normalized spacial score (nSPS) is 21.0. The van der Waals surface area contributed by atoms with E-state index < -0.39 is 5.41 Å². The summed E-state index contributed by atoms with van der Waals surface area (Å²) in [5.41, 5.74) is 1.15. The van der Waals surface area contributed by atoms with Gasteiger partial charge >= 0.3 is 4.87 Å². The molecule has 2 aliphatic carbocycles. The summed E-state index contributed by atoms with van der Waals surface area (Å²) in [6, 6.07) is 7.04. The van der Waals surface area contributed by atoms with Crippen LogP contribution < -0.4 is 4.87 Å². The zero-order valence-corrected chi connectivity index (χ0v) is 14.3. The van der Waals surface area contributed by atoms with E-state index in [2.05, 4.69) is 4.98 Å². The van der Waals surface area contributed by atoms with Crippen LogP contribution in [0.1, 0.15) is 51.3 Å². The summed E-state index contributed by atoms with van der Waals surface area (Å²) in [5, 5.41) is 0.756. The Morgan fingerprint density at radius 1 is 0.958 bits per heavy atom. The Balaban J connectivity index is 1.83. The number of hydrogen-bond acceptors (Lipinski definition) is 5. The van der Waals surface area contributed by atoms with Crippen molar-refractivity contribution in [2.75, 3.05) is 0 Å². The number of Topliss-reactive ketones (excluding diaryl/α,β-unsaturated/α-hetero) is 2. The van der Waals surface area contributed by atoms with Gasteiger partial charge in [-0.05, 0) is 12.8 Å². The molecule has 3 aliphatic rings. The molecule has 2 heterocycles. The first-order chi connectivity index (χ1) is 11.6. The number of hydrogen-bond donors (Lipinski definition) is 1. The molecule has 24 heavy (non-hydrogen) atoms. The molecule has 1 saturated carbocycles. The predicted octanol–water partition coefficient (Wildman–Crippen LogP) is 3.69. The molecule has 1 aliphatic heterocycles. The Morgan fingerprint density at radius 2 is 1.62 bits per heavy atom. The fourth-order valence-corrected chi connectivity index (χ4v) is 6.78. The second-order valence-corrected chi connectivity index (χ2v) is 8.48. The minimum atomic E-state index is -0.458. The van der Waals surface area contributed by atoms with Gasteiger partial charge in [-0.15, -0.1) is 0 Å². The molecular weight excluding hydrogens is 342 g/mol. The molecule has 0 amide bonds. The van der Waals surface area contributed by atoms with Crippen LogP contribution in [0.15, 0.2) is 44.6 Å². The lowest BCUT2D eigenvalue weighted by Crippen LogP contribution is -2.37. The number of thioether (sulfide) groups is 1. The van der Waals surface area contributed by atoms with Gasteiger partial charge in [0, 0.05) is 22.1 Å². The topological polar surface area (TPSA) is 67.0 Å². The molecular formula is C18H13NO3S2. The van der Waals surface area contributed by atoms with Crippen LogP contribution in [-0.2, 0) is 5.41 Å². The van der Waals surface area contributed by atoms with Crippen LogP contribution in [0.4, 0.5) is 0 Å². The molecule has 2 aromatic rings. The Kier molecular flexibility index (Phi) is 2.89. The van der Waals surface area contributed by atoms with Gasteiger partial charge in [0.05, 0.1) is 14.8 Å². The molecule has 1 aromatic heterocycles. The average Bonchev–Trinajstić information content (AvgIpc) is 3.20. The number of benzene rings is 1. The number of aromatic amines is 1. The van der Waals surface area contributed by atoms with Crippen LogP contribution in [0.2, 0.25) is 0 Å². The maximum Gasteiger partial charge on any atom is 0.305 e. The molecule has 0 bridgehead atoms. The van der Waals surface area contributed by atoms with Crippen molar-refractivity contribution in [1.82, 2.24) is 4.98 Å². The predicted molar refractivity (Wildman–Crippen MR) is 93.1 cm³/mol. The zero-order chi connectivity index (χ0) is 16.5. The van der Waals surface area contributed by atoms with Gasteiger partial charge in [-0.2, -0.15) is 0 Å². The lowest BCUT2D eigenvalue weighted by atomic mass is 9.71. The van der Waals surface area contributed by atoms with E-state index in [1.54, 1.807) is 24.3 Å². The smallest absolute Gasteiger partial charge is 0.305 e. The largest absolute Gasteiger partial charge is 0.307 e. The minimum absolute atomic E-state index is 0.0406. The third-order valence-electron chi connectivity index (χ3n) is 5.27. The molecule has 0 atom stereocenters. The van der Waals surface area contributed by atoms with Crippen LogP contribution in [0.3, 0.4) is 0 Å². The number of fused-ring (bicyclic) bond motifs is 4. The van der Waals surface area contributed by atoms with Crippen LogP contribution >= 0.6 is 23.1 Å². The summed E-state index contributed by atoms with van der Waals surface area (Å²) >= 11 is 2.46. The van der Waals surface area contributed by atoms with Crippen molar-refractivity contribution in [3.63, 3.8) is 0 Å². The monoisotopic (exact) mass is 355 g/mol. The first-order valence-corrected chi connectivity index (χ1v) is 9.60. The van der Waals surface area contributed by atoms with E-state index in [0.29, 0.717) is 21.6 Å². The minimum Gasteiger partial charge on any atom is -0.307 e. The molecule has 0 unspecified atom stereocenters. The van der Waals surface area contributed by atoms with E-state index in [9.17, 15) is 14.4 Å². The second-order valence-electron chi connectivity index (χ2n) is 6.47. The van der Waals surface area contributed by atoms with Gasteiger partial charge in [0.2, 0.25) is 5.78 Å². The Morgan fingerprint density at radius 3 is 2.33 bits per heavy atom. The highest BCUT2D eigenvalue weighted by Gasteiger charge is 2.52. The average molecular weight is 355 g/mol. The lowest BCUT2D eigenvalue weighted by molar-refractivity contribution is 0.0966. The van der Waals surface area contributed by atoms with Crippen molar-refractivity contribution < 1.29 is 9.59 Å². The number of thiazole rings is 1. The van der Waals surface area contributed by atoms with Crippen molar-refractivity contribution >= 4 is 34.7 Å². The van der Waals surface area contributed by atoms with Crippen molar-refractivity contribution in [3.05, 3.63) is 60.4 Å². The highest BCUT2D eigenvalue weighted by atomic mass is 32.2. The number of allylic oxidation sites excluding steroid dienone is 2. The van der Waals surface area contributed by atoms with E-state index >= 15 is 0 Å². The second kappa shape index (κ2) is 4.80. The highest BCUT2D eigenvalue weighted by Crippen LogP contribution is 2.58. The summed E-state index contributed by atoms with van der Waals surface area (Å²) < 4.78 is 0. The Bertz CT molecular complexity index is 1010. The van der Waals surface area contributed by atoms with E-state index in [-0.39, 0.29) is 16.4 Å². The molecule has 0 radical (unpaired) electrons. The summed E-state index contributed by atoms with van der Waals surface area (Å²) in [5.74, 6) is -0.129. The van der Waals surface area contributed by atoms with Gasteiger partial charge in [0.15, 0.2) is 5.78 Å². The summed E-state index contributed by atoms with van der Waals surface area (Å²) in [6.45, 7) is 0. The molecule has 1 N–H and O–H groups in total. The fraction of sp³-hybridized carbons (Fsp3) is 0.278. The molecule has 1 aromatic carbocycles. The first kappa shape index (κ1) is 14.4. The number of nitrogens with one attached hydrogen (secondary N) is 1. The maximum absolute atomic E-state index is 13.3. The van der Waals surface area contributed by atoms with Crippen molar-refractivity contribution in [3.8, 4) is 0 Å². The Hall–Kier alpha value is -1.92. The van der Waals surface area contributed by atoms with Gasteiger partial charge in [-0.1, -0.05) is 60.2 Å². The van der Waals surface area contributed by atoms with Gasteiger partial charge in [0.1, 0.15) is 0 Å². The summed E-state index contributed by atoms with van der Waals surface area (Å²) in [6.07, 6.45) is 3.68. The van der Waals surface area contributed by atoms with Crippen LogP contribution in [0.25, 0.3) is 0 Å². The van der Waals surface area contributed by atoms with E-state index in [0.717, 1.165) is 35.6 Å². The number of carbonyl (C=O) groups excluding carboxylic acids is 2. The molecule has 1 spiro atoms. The molecule has 1 fully saturated rings. The highest BCUT2D eigenvalue weighted by molar-refractivity contribution is 8.04. The molecule has 120 valence electrons. The number of carbonyl (C=O) groups is 2. The quantitative estimate of drug-likeness (QED) is 0.783. The third kappa shape index (κ3) is 1.67.